The van der Waals surface area contributed by atoms with Gasteiger partial charge in [0, 0.05) is 17.1 Å². The molecule has 158 valence electrons. The zero-order valence-electron chi connectivity index (χ0n) is 16.7. The van der Waals surface area contributed by atoms with Crippen LogP contribution in [0.4, 0.5) is 10.1 Å². The van der Waals surface area contributed by atoms with Gasteiger partial charge < -0.3 is 10.4 Å². The van der Waals surface area contributed by atoms with E-state index < -0.39 is 11.8 Å². The van der Waals surface area contributed by atoms with E-state index in [1.54, 1.807) is 29.1 Å². The number of fused-ring (bicyclic) bond motifs is 2. The van der Waals surface area contributed by atoms with Gasteiger partial charge in [0.25, 0.3) is 0 Å². The zero-order chi connectivity index (χ0) is 22.1. The molecular formula is C23H17FN6O2. The number of aliphatic carboxylic acids is 1. The van der Waals surface area contributed by atoms with E-state index in [9.17, 15) is 9.18 Å². The zero-order valence-corrected chi connectivity index (χ0v) is 16.7. The van der Waals surface area contributed by atoms with Crippen molar-refractivity contribution in [2.45, 2.75) is 6.54 Å². The van der Waals surface area contributed by atoms with Crippen molar-refractivity contribution < 1.29 is 14.3 Å². The average molecular weight is 428 g/mol. The fourth-order valence-corrected chi connectivity index (χ4v) is 3.51. The summed E-state index contributed by atoms with van der Waals surface area (Å²) in [6, 6.07) is 18.0. The summed E-state index contributed by atoms with van der Waals surface area (Å²) in [7, 11) is 0. The molecule has 0 fully saturated rings. The Bertz CT molecular complexity index is 1470. The highest BCUT2D eigenvalue weighted by Crippen LogP contribution is 2.25. The SMILES string of the molecule is O=C(O)CNc1ccc(-c2ccc3nnn(Cc4ccc5ncccc5c4)c3n2)cc1F. The number of benzene rings is 2. The molecule has 0 amide bonds. The van der Waals surface area contributed by atoms with E-state index in [1.807, 2.05) is 24.3 Å². The first-order valence-corrected chi connectivity index (χ1v) is 9.86. The minimum Gasteiger partial charge on any atom is -0.480 e. The van der Waals surface area contributed by atoms with Crippen molar-refractivity contribution in [1.82, 2.24) is 25.0 Å². The summed E-state index contributed by atoms with van der Waals surface area (Å²) in [5.41, 5.74) is 4.42. The molecule has 0 bridgehead atoms. The maximum absolute atomic E-state index is 14.4. The summed E-state index contributed by atoms with van der Waals surface area (Å²) in [5.74, 6) is -1.62. The molecule has 2 N–H and O–H groups in total. The molecule has 0 aliphatic heterocycles. The quantitative estimate of drug-likeness (QED) is 0.424. The van der Waals surface area contributed by atoms with Crippen LogP contribution in [0.1, 0.15) is 5.56 Å². The van der Waals surface area contributed by atoms with Crippen LogP contribution < -0.4 is 5.32 Å². The Morgan fingerprint density at radius 2 is 1.94 bits per heavy atom. The van der Waals surface area contributed by atoms with Crippen LogP contribution in [0.25, 0.3) is 33.3 Å². The lowest BCUT2D eigenvalue weighted by atomic mass is 10.1. The van der Waals surface area contributed by atoms with Crippen LogP contribution in [0, 0.1) is 5.82 Å². The van der Waals surface area contributed by atoms with Gasteiger partial charge in [-0.25, -0.2) is 14.1 Å². The number of nitrogens with zero attached hydrogens (tertiary/aromatic N) is 5. The van der Waals surface area contributed by atoms with Crippen molar-refractivity contribution in [2.24, 2.45) is 0 Å². The third-order valence-corrected chi connectivity index (χ3v) is 5.05. The first-order valence-electron chi connectivity index (χ1n) is 9.86. The van der Waals surface area contributed by atoms with Gasteiger partial charge in [-0.15, -0.1) is 5.10 Å². The molecule has 0 aliphatic carbocycles. The van der Waals surface area contributed by atoms with Crippen molar-refractivity contribution in [3.05, 3.63) is 78.2 Å². The highest BCUT2D eigenvalue weighted by molar-refractivity contribution is 5.79. The molecule has 0 saturated carbocycles. The van der Waals surface area contributed by atoms with E-state index >= 15 is 0 Å². The number of halogens is 1. The summed E-state index contributed by atoms with van der Waals surface area (Å²) in [6.45, 7) is 0.111. The van der Waals surface area contributed by atoms with E-state index in [1.165, 1.54) is 12.1 Å². The van der Waals surface area contributed by atoms with Crippen molar-refractivity contribution in [1.29, 1.82) is 0 Å². The lowest BCUT2D eigenvalue weighted by Crippen LogP contribution is -2.13. The molecule has 0 unspecified atom stereocenters. The minimum absolute atomic E-state index is 0.120. The molecule has 0 atom stereocenters. The maximum atomic E-state index is 14.4. The molecule has 9 heteroatoms. The number of hydrogen-bond acceptors (Lipinski definition) is 6. The highest BCUT2D eigenvalue weighted by Gasteiger charge is 2.12. The van der Waals surface area contributed by atoms with Gasteiger partial charge in [0.15, 0.2) is 5.65 Å². The number of anilines is 1. The predicted molar refractivity (Wildman–Crippen MR) is 118 cm³/mol. The van der Waals surface area contributed by atoms with Gasteiger partial charge in [-0.1, -0.05) is 23.4 Å². The monoisotopic (exact) mass is 428 g/mol. The number of nitrogens with one attached hydrogen (secondary N) is 1. The number of carboxylic acid groups (broad SMARTS) is 1. The van der Waals surface area contributed by atoms with E-state index in [4.69, 9.17) is 5.11 Å². The second-order valence-corrected chi connectivity index (χ2v) is 7.26. The molecule has 2 aromatic carbocycles. The van der Waals surface area contributed by atoms with Gasteiger partial charge in [0.1, 0.15) is 17.9 Å². The molecule has 3 heterocycles. The Balaban J connectivity index is 1.45. The molecular weight excluding hydrogens is 411 g/mol. The number of pyridine rings is 2. The van der Waals surface area contributed by atoms with Crippen LogP contribution in [0.5, 0.6) is 0 Å². The molecule has 0 spiro atoms. The number of carbonyl (C=O) groups is 1. The largest absolute Gasteiger partial charge is 0.480 e. The predicted octanol–water partition coefficient (Wildman–Crippen LogP) is 3.73. The van der Waals surface area contributed by atoms with Gasteiger partial charge >= 0.3 is 5.97 Å². The number of aromatic nitrogens is 5. The van der Waals surface area contributed by atoms with E-state index in [0.717, 1.165) is 16.5 Å². The molecule has 0 radical (unpaired) electrons. The number of hydrogen-bond donors (Lipinski definition) is 2. The van der Waals surface area contributed by atoms with Gasteiger partial charge in [-0.2, -0.15) is 0 Å². The Morgan fingerprint density at radius 1 is 1.06 bits per heavy atom. The minimum atomic E-state index is -1.07. The fraction of sp³-hybridized carbons (Fsp3) is 0.0870. The van der Waals surface area contributed by atoms with Gasteiger partial charge in [-0.05, 0) is 48.0 Å². The van der Waals surface area contributed by atoms with Crippen molar-refractivity contribution >= 4 is 33.7 Å². The first-order chi connectivity index (χ1) is 15.6. The third kappa shape index (κ3) is 3.83. The van der Waals surface area contributed by atoms with Crippen molar-refractivity contribution in [2.75, 3.05) is 11.9 Å². The van der Waals surface area contributed by atoms with E-state index in [-0.39, 0.29) is 12.2 Å². The lowest BCUT2D eigenvalue weighted by molar-refractivity contribution is -0.134. The summed E-state index contributed by atoms with van der Waals surface area (Å²) >= 11 is 0. The number of carboxylic acids is 1. The Hall–Kier alpha value is -4.40. The number of rotatable bonds is 6. The molecule has 8 nitrogen and oxygen atoms in total. The summed E-state index contributed by atoms with van der Waals surface area (Å²) in [4.78, 5) is 19.7. The molecule has 5 rings (SSSR count). The van der Waals surface area contributed by atoms with Crippen molar-refractivity contribution in [3.8, 4) is 11.3 Å². The van der Waals surface area contributed by atoms with Gasteiger partial charge in [-0.3, -0.25) is 9.78 Å². The molecule has 5 aromatic rings. The summed E-state index contributed by atoms with van der Waals surface area (Å²) in [6.07, 6.45) is 1.76. The highest BCUT2D eigenvalue weighted by atomic mass is 19.1. The summed E-state index contributed by atoms with van der Waals surface area (Å²) in [5, 5.41) is 20.7. The third-order valence-electron chi connectivity index (χ3n) is 5.05. The molecule has 3 aromatic heterocycles. The van der Waals surface area contributed by atoms with E-state index in [0.29, 0.717) is 29.0 Å². The average Bonchev–Trinajstić information content (AvgIpc) is 3.20. The first kappa shape index (κ1) is 19.6. The van der Waals surface area contributed by atoms with Crippen LogP contribution in [0.2, 0.25) is 0 Å². The Morgan fingerprint density at radius 3 is 2.78 bits per heavy atom. The smallest absolute Gasteiger partial charge is 0.322 e. The topological polar surface area (TPSA) is 106 Å². The normalized spacial score (nSPS) is 11.2. The summed E-state index contributed by atoms with van der Waals surface area (Å²) < 4.78 is 16.1. The van der Waals surface area contributed by atoms with Crippen LogP contribution >= 0.6 is 0 Å². The second kappa shape index (κ2) is 8.03. The maximum Gasteiger partial charge on any atom is 0.322 e. The van der Waals surface area contributed by atoms with Crippen LogP contribution in [-0.2, 0) is 11.3 Å². The molecule has 0 aliphatic rings. The standard InChI is InChI=1S/C23H17FN6O2/c24-17-11-16(4-6-20(17)26-12-22(31)32)19-7-8-21-23(27-19)30(29-28-21)13-14-3-5-18-15(10-14)2-1-9-25-18/h1-11,26H,12-13H2,(H,31,32). The Labute approximate surface area is 181 Å². The second-order valence-electron chi connectivity index (χ2n) is 7.26. The molecule has 32 heavy (non-hydrogen) atoms. The van der Waals surface area contributed by atoms with E-state index in [2.05, 4.69) is 31.7 Å². The molecule has 0 saturated heterocycles. The van der Waals surface area contributed by atoms with Crippen LogP contribution in [-0.4, -0.2) is 42.6 Å². The van der Waals surface area contributed by atoms with Gasteiger partial charge in [0.05, 0.1) is 23.4 Å². The Kier molecular flexibility index (Phi) is 4.91. The van der Waals surface area contributed by atoms with Crippen LogP contribution in [0.3, 0.4) is 0 Å². The fourth-order valence-electron chi connectivity index (χ4n) is 3.51. The van der Waals surface area contributed by atoms with Crippen molar-refractivity contribution in [3.63, 3.8) is 0 Å². The van der Waals surface area contributed by atoms with Gasteiger partial charge in [0.2, 0.25) is 0 Å². The lowest BCUT2D eigenvalue weighted by Gasteiger charge is -2.08. The van der Waals surface area contributed by atoms with Crippen LogP contribution in [0.15, 0.2) is 66.9 Å².